The van der Waals surface area contributed by atoms with Gasteiger partial charge in [-0.05, 0) is 18.6 Å². The first-order valence-corrected chi connectivity index (χ1v) is 5.81. The van der Waals surface area contributed by atoms with E-state index in [2.05, 4.69) is 10.1 Å². The van der Waals surface area contributed by atoms with Gasteiger partial charge < -0.3 is 20.9 Å². The molecule has 0 bridgehead atoms. The van der Waals surface area contributed by atoms with Crippen LogP contribution in [0.2, 0.25) is 0 Å². The summed E-state index contributed by atoms with van der Waals surface area (Å²) < 4.78 is 39.9. The predicted molar refractivity (Wildman–Crippen MR) is 66.6 cm³/mol. The number of hydrogen-bond donors (Lipinski definition) is 3. The minimum atomic E-state index is -4.83. The zero-order valence-corrected chi connectivity index (χ0v) is 10.7. The fourth-order valence-corrected chi connectivity index (χ4v) is 1.42. The summed E-state index contributed by atoms with van der Waals surface area (Å²) in [5, 5.41) is 10.8. The molecule has 116 valence electrons. The van der Waals surface area contributed by atoms with Crippen LogP contribution in [0.25, 0.3) is 0 Å². The van der Waals surface area contributed by atoms with E-state index >= 15 is 0 Å². The van der Waals surface area contributed by atoms with Crippen LogP contribution in [-0.4, -0.2) is 29.4 Å². The summed E-state index contributed by atoms with van der Waals surface area (Å²) in [6.45, 7) is 0. The monoisotopic (exact) mass is 306 g/mol. The highest BCUT2D eigenvalue weighted by atomic mass is 19.4. The molecule has 1 aromatic carbocycles. The molecule has 0 saturated carbocycles. The Morgan fingerprint density at radius 3 is 2.62 bits per heavy atom. The third kappa shape index (κ3) is 6.61. The molecule has 1 aromatic rings. The average Bonchev–Trinajstić information content (AvgIpc) is 2.34. The highest BCUT2D eigenvalue weighted by Gasteiger charge is 2.31. The van der Waals surface area contributed by atoms with Crippen molar-refractivity contribution in [2.24, 2.45) is 5.73 Å². The van der Waals surface area contributed by atoms with E-state index in [0.29, 0.717) is 0 Å². The number of nitrogens with one attached hydrogen (secondary N) is 1. The van der Waals surface area contributed by atoms with Crippen molar-refractivity contribution in [3.63, 3.8) is 0 Å². The molecule has 0 aromatic heterocycles. The molecule has 1 atom stereocenters. The van der Waals surface area contributed by atoms with Crippen molar-refractivity contribution in [3.05, 3.63) is 24.3 Å². The Bertz CT molecular complexity index is 519. The van der Waals surface area contributed by atoms with Crippen LogP contribution in [0.1, 0.15) is 12.8 Å². The van der Waals surface area contributed by atoms with Gasteiger partial charge in [-0.2, -0.15) is 0 Å². The molecular weight excluding hydrogens is 293 g/mol. The first-order chi connectivity index (χ1) is 9.67. The van der Waals surface area contributed by atoms with E-state index in [-0.39, 0.29) is 18.5 Å². The van der Waals surface area contributed by atoms with Crippen molar-refractivity contribution in [2.45, 2.75) is 25.2 Å². The largest absolute Gasteiger partial charge is 0.573 e. The smallest absolute Gasteiger partial charge is 0.481 e. The van der Waals surface area contributed by atoms with E-state index in [1.807, 2.05) is 0 Å². The molecule has 0 saturated heterocycles. The van der Waals surface area contributed by atoms with Crippen molar-refractivity contribution in [1.82, 2.24) is 0 Å². The topological polar surface area (TPSA) is 102 Å². The third-order valence-corrected chi connectivity index (χ3v) is 2.34. The number of carboxylic acids is 1. The molecule has 6 nitrogen and oxygen atoms in total. The van der Waals surface area contributed by atoms with E-state index in [4.69, 9.17) is 10.8 Å². The van der Waals surface area contributed by atoms with Gasteiger partial charge in [0, 0.05) is 18.2 Å². The summed E-state index contributed by atoms with van der Waals surface area (Å²) in [4.78, 5) is 22.0. The maximum absolute atomic E-state index is 12.1. The number of rotatable bonds is 6. The second-order valence-electron chi connectivity index (χ2n) is 4.10. The predicted octanol–water partition coefficient (Wildman–Crippen LogP) is 1.72. The summed E-state index contributed by atoms with van der Waals surface area (Å²) in [6.07, 6.45) is -5.20. The Labute approximate surface area is 117 Å². The Hall–Kier alpha value is -2.29. The standard InChI is InChI=1S/C12H13F3N2O4/c13-12(14,15)21-8-3-1-2-7(6-8)17-11(20)9(16)4-5-10(18)19/h1-3,6,9H,4-5,16H2,(H,17,20)(H,18,19). The van der Waals surface area contributed by atoms with Crippen molar-refractivity contribution >= 4 is 17.6 Å². The van der Waals surface area contributed by atoms with Crippen molar-refractivity contribution in [3.8, 4) is 5.75 Å². The average molecular weight is 306 g/mol. The van der Waals surface area contributed by atoms with Gasteiger partial charge in [-0.25, -0.2) is 0 Å². The first kappa shape index (κ1) is 16.8. The van der Waals surface area contributed by atoms with E-state index in [1.54, 1.807) is 0 Å². The van der Waals surface area contributed by atoms with Gasteiger partial charge in [0.2, 0.25) is 5.91 Å². The summed E-state index contributed by atoms with van der Waals surface area (Å²) in [6, 6.07) is 3.60. The number of nitrogens with two attached hydrogens (primary N) is 1. The van der Waals surface area contributed by atoms with E-state index < -0.39 is 30.0 Å². The summed E-state index contributed by atoms with van der Waals surface area (Å²) in [5.41, 5.74) is 5.53. The number of alkyl halides is 3. The molecular formula is C12H13F3N2O4. The Morgan fingerprint density at radius 2 is 2.05 bits per heavy atom. The van der Waals surface area contributed by atoms with Gasteiger partial charge >= 0.3 is 12.3 Å². The lowest BCUT2D eigenvalue weighted by Gasteiger charge is -2.13. The molecule has 0 spiro atoms. The van der Waals surface area contributed by atoms with Gasteiger partial charge in [-0.3, -0.25) is 9.59 Å². The quantitative estimate of drug-likeness (QED) is 0.742. The van der Waals surface area contributed by atoms with E-state index in [0.717, 1.165) is 12.1 Å². The van der Waals surface area contributed by atoms with Gasteiger partial charge in [-0.15, -0.1) is 13.2 Å². The molecule has 1 unspecified atom stereocenters. The normalized spacial score (nSPS) is 12.6. The summed E-state index contributed by atoms with van der Waals surface area (Å²) in [5.74, 6) is -2.28. The summed E-state index contributed by atoms with van der Waals surface area (Å²) >= 11 is 0. The van der Waals surface area contributed by atoms with Gasteiger partial charge in [0.15, 0.2) is 0 Å². The van der Waals surface area contributed by atoms with Crippen LogP contribution in [0.4, 0.5) is 18.9 Å². The zero-order valence-electron chi connectivity index (χ0n) is 10.7. The number of carboxylic acid groups (broad SMARTS) is 1. The number of carbonyl (C=O) groups is 2. The Kier molecular flexibility index (Phi) is 5.53. The number of anilines is 1. The van der Waals surface area contributed by atoms with Crippen molar-refractivity contribution in [1.29, 1.82) is 0 Å². The van der Waals surface area contributed by atoms with Gasteiger partial charge in [0.05, 0.1) is 6.04 Å². The van der Waals surface area contributed by atoms with Crippen LogP contribution >= 0.6 is 0 Å². The van der Waals surface area contributed by atoms with E-state index in [9.17, 15) is 22.8 Å². The lowest BCUT2D eigenvalue weighted by atomic mass is 10.1. The molecule has 4 N–H and O–H groups in total. The highest BCUT2D eigenvalue weighted by molar-refractivity contribution is 5.95. The molecule has 1 rings (SSSR count). The SMILES string of the molecule is NC(CCC(=O)O)C(=O)Nc1cccc(OC(F)(F)F)c1. The molecule has 21 heavy (non-hydrogen) atoms. The number of hydrogen-bond acceptors (Lipinski definition) is 4. The molecule has 0 aliphatic heterocycles. The minimum absolute atomic E-state index is 0.0625. The second kappa shape index (κ2) is 6.93. The highest BCUT2D eigenvalue weighted by Crippen LogP contribution is 2.25. The van der Waals surface area contributed by atoms with Gasteiger partial charge in [-0.1, -0.05) is 6.07 Å². The minimum Gasteiger partial charge on any atom is -0.481 e. The number of carbonyl (C=O) groups excluding carboxylic acids is 1. The number of aliphatic carboxylic acids is 1. The fraction of sp³-hybridized carbons (Fsp3) is 0.333. The lowest BCUT2D eigenvalue weighted by Crippen LogP contribution is -2.36. The molecule has 1 amide bonds. The molecule has 0 aliphatic carbocycles. The number of halogens is 3. The van der Waals surface area contributed by atoms with Crippen LogP contribution in [0.15, 0.2) is 24.3 Å². The molecule has 0 fully saturated rings. The van der Waals surface area contributed by atoms with Crippen molar-refractivity contribution in [2.75, 3.05) is 5.32 Å². The van der Waals surface area contributed by atoms with Crippen LogP contribution in [0.3, 0.4) is 0 Å². The number of benzene rings is 1. The molecule has 0 heterocycles. The third-order valence-electron chi connectivity index (χ3n) is 2.34. The molecule has 0 aliphatic rings. The Balaban J connectivity index is 2.64. The summed E-state index contributed by atoms with van der Waals surface area (Å²) in [7, 11) is 0. The molecule has 0 radical (unpaired) electrons. The second-order valence-corrected chi connectivity index (χ2v) is 4.10. The number of amides is 1. The van der Waals surface area contributed by atoms with Crippen LogP contribution in [-0.2, 0) is 9.59 Å². The van der Waals surface area contributed by atoms with Crippen molar-refractivity contribution < 1.29 is 32.6 Å². The van der Waals surface area contributed by atoms with Crippen LogP contribution in [0, 0.1) is 0 Å². The molecule has 9 heteroatoms. The number of ether oxygens (including phenoxy) is 1. The van der Waals surface area contributed by atoms with E-state index in [1.165, 1.54) is 12.1 Å². The maximum Gasteiger partial charge on any atom is 0.573 e. The maximum atomic E-state index is 12.1. The van der Waals surface area contributed by atoms with Gasteiger partial charge in [0.25, 0.3) is 0 Å². The Morgan fingerprint density at radius 1 is 1.38 bits per heavy atom. The van der Waals surface area contributed by atoms with Crippen LogP contribution in [0.5, 0.6) is 5.75 Å². The van der Waals surface area contributed by atoms with Crippen LogP contribution < -0.4 is 15.8 Å². The first-order valence-electron chi connectivity index (χ1n) is 5.81. The lowest BCUT2D eigenvalue weighted by molar-refractivity contribution is -0.274. The van der Waals surface area contributed by atoms with Gasteiger partial charge in [0.1, 0.15) is 5.75 Å². The zero-order chi connectivity index (χ0) is 16.0. The fourth-order valence-electron chi connectivity index (χ4n) is 1.42.